The number of carbonyl (C=O) groups is 2. The third-order valence-corrected chi connectivity index (χ3v) is 4.84. The first-order valence-electron chi connectivity index (χ1n) is 9.44. The van der Waals surface area contributed by atoms with Crippen molar-refractivity contribution in [3.63, 3.8) is 0 Å². The van der Waals surface area contributed by atoms with Gasteiger partial charge < -0.3 is 14.8 Å². The normalized spacial score (nSPS) is 13.5. The predicted octanol–water partition coefficient (Wildman–Crippen LogP) is 2.63. The van der Waals surface area contributed by atoms with Crippen molar-refractivity contribution in [1.29, 1.82) is 0 Å². The fourth-order valence-electron chi connectivity index (χ4n) is 3.14. The molecule has 1 aromatic carbocycles. The van der Waals surface area contributed by atoms with E-state index >= 15 is 0 Å². The number of carboxylic acid groups (broad SMARTS) is 2. The molecule has 0 bridgehead atoms. The summed E-state index contributed by atoms with van der Waals surface area (Å²) in [4.78, 5) is 27.4. The van der Waals surface area contributed by atoms with Gasteiger partial charge in [-0.05, 0) is 42.9 Å². The molecule has 7 heteroatoms. The summed E-state index contributed by atoms with van der Waals surface area (Å²) in [5, 5.41) is 21.8. The fraction of sp³-hybridized carbons (Fsp3) is 0.476. The first-order chi connectivity index (χ1) is 13.2. The maximum atomic E-state index is 11.7. The molecule has 0 radical (unpaired) electrons. The van der Waals surface area contributed by atoms with Gasteiger partial charge >= 0.3 is 11.9 Å². The number of aliphatic carboxylic acids is 2. The SMILES string of the molecule is Cc1ccc(Cn2cncc2C[C@H](N[C@@H](CC(C)C)C(=O)O)C(=O)O)cc1C. The predicted molar refractivity (Wildman–Crippen MR) is 106 cm³/mol. The lowest BCUT2D eigenvalue weighted by atomic mass is 10.0. The van der Waals surface area contributed by atoms with Crippen molar-refractivity contribution in [3.05, 3.63) is 53.1 Å². The summed E-state index contributed by atoms with van der Waals surface area (Å²) >= 11 is 0. The Kier molecular flexibility index (Phi) is 7.34. The van der Waals surface area contributed by atoms with Gasteiger partial charge in [0.05, 0.1) is 6.33 Å². The molecule has 2 aromatic rings. The standard InChI is InChI=1S/C21H29N3O4/c1-13(2)7-18(20(25)26)23-19(21(27)28)9-17-10-22-12-24(17)11-16-6-5-14(3)15(4)8-16/h5-6,8,10,12-13,18-19,23H,7,9,11H2,1-4H3,(H,25,26)(H,27,28)/t18-,19-/m0/s1. The number of aryl methyl sites for hydroxylation is 2. The molecule has 152 valence electrons. The fourth-order valence-corrected chi connectivity index (χ4v) is 3.14. The van der Waals surface area contributed by atoms with Gasteiger partial charge in [-0.1, -0.05) is 32.0 Å². The Hall–Kier alpha value is -2.67. The highest BCUT2D eigenvalue weighted by atomic mass is 16.4. The molecule has 1 aromatic heterocycles. The highest BCUT2D eigenvalue weighted by Crippen LogP contribution is 2.14. The van der Waals surface area contributed by atoms with Crippen LogP contribution in [0.2, 0.25) is 0 Å². The molecule has 3 N–H and O–H groups in total. The minimum atomic E-state index is -1.08. The van der Waals surface area contributed by atoms with Crippen LogP contribution in [-0.2, 0) is 22.6 Å². The van der Waals surface area contributed by atoms with Gasteiger partial charge in [0.25, 0.3) is 0 Å². The second kappa shape index (κ2) is 9.50. The quantitative estimate of drug-likeness (QED) is 0.579. The van der Waals surface area contributed by atoms with Crippen LogP contribution in [0.1, 0.15) is 42.7 Å². The Labute approximate surface area is 165 Å². The Morgan fingerprint density at radius 3 is 2.36 bits per heavy atom. The maximum absolute atomic E-state index is 11.7. The molecule has 0 unspecified atom stereocenters. The Balaban J connectivity index is 2.15. The van der Waals surface area contributed by atoms with Gasteiger partial charge in [-0.25, -0.2) is 4.98 Å². The number of imidazole rings is 1. The van der Waals surface area contributed by atoms with Crippen molar-refractivity contribution in [3.8, 4) is 0 Å². The summed E-state index contributed by atoms with van der Waals surface area (Å²) in [5.74, 6) is -1.98. The second-order valence-corrected chi connectivity index (χ2v) is 7.71. The van der Waals surface area contributed by atoms with Gasteiger partial charge in [0.2, 0.25) is 0 Å². The van der Waals surface area contributed by atoms with E-state index in [0.717, 1.165) is 11.3 Å². The third kappa shape index (κ3) is 5.92. The van der Waals surface area contributed by atoms with Crippen LogP contribution in [0.15, 0.2) is 30.7 Å². The van der Waals surface area contributed by atoms with E-state index in [1.54, 1.807) is 12.5 Å². The molecule has 0 spiro atoms. The average Bonchev–Trinajstić information content (AvgIpc) is 3.03. The van der Waals surface area contributed by atoms with E-state index < -0.39 is 24.0 Å². The summed E-state index contributed by atoms with van der Waals surface area (Å²) in [6.45, 7) is 8.51. The molecular formula is C21H29N3O4. The van der Waals surface area contributed by atoms with Gasteiger partial charge in [-0.3, -0.25) is 14.9 Å². The van der Waals surface area contributed by atoms with Crippen molar-refractivity contribution in [1.82, 2.24) is 14.9 Å². The maximum Gasteiger partial charge on any atom is 0.321 e. The molecule has 7 nitrogen and oxygen atoms in total. The third-order valence-electron chi connectivity index (χ3n) is 4.84. The molecular weight excluding hydrogens is 358 g/mol. The van der Waals surface area contributed by atoms with E-state index in [0.29, 0.717) is 13.0 Å². The number of carboxylic acids is 2. The van der Waals surface area contributed by atoms with Gasteiger partial charge in [0.15, 0.2) is 0 Å². The second-order valence-electron chi connectivity index (χ2n) is 7.71. The summed E-state index contributed by atoms with van der Waals surface area (Å²) in [6.07, 6.45) is 3.83. The topological polar surface area (TPSA) is 104 Å². The van der Waals surface area contributed by atoms with Crippen molar-refractivity contribution >= 4 is 11.9 Å². The Morgan fingerprint density at radius 1 is 1.11 bits per heavy atom. The van der Waals surface area contributed by atoms with Crippen LogP contribution >= 0.6 is 0 Å². The van der Waals surface area contributed by atoms with Gasteiger partial charge in [-0.2, -0.15) is 0 Å². The number of rotatable bonds is 10. The van der Waals surface area contributed by atoms with E-state index in [4.69, 9.17) is 0 Å². The van der Waals surface area contributed by atoms with Crippen molar-refractivity contribution in [2.75, 3.05) is 0 Å². The summed E-state index contributed by atoms with van der Waals surface area (Å²) in [5.41, 5.74) is 4.26. The summed E-state index contributed by atoms with van der Waals surface area (Å²) in [6, 6.07) is 4.30. The first kappa shape index (κ1) is 21.6. The van der Waals surface area contributed by atoms with Crippen molar-refractivity contribution in [2.45, 2.75) is 59.2 Å². The Bertz CT molecular complexity index is 829. The highest BCUT2D eigenvalue weighted by molar-refractivity contribution is 5.77. The summed E-state index contributed by atoms with van der Waals surface area (Å²) < 4.78 is 1.90. The average molecular weight is 387 g/mol. The minimum Gasteiger partial charge on any atom is -0.480 e. The lowest BCUT2D eigenvalue weighted by Gasteiger charge is -2.22. The zero-order chi connectivity index (χ0) is 20.8. The van der Waals surface area contributed by atoms with Crippen LogP contribution in [0.5, 0.6) is 0 Å². The number of hydrogen-bond donors (Lipinski definition) is 3. The number of nitrogens with zero attached hydrogens (tertiary/aromatic N) is 2. The first-order valence-corrected chi connectivity index (χ1v) is 9.44. The van der Waals surface area contributed by atoms with Gasteiger partial charge in [-0.15, -0.1) is 0 Å². The van der Waals surface area contributed by atoms with Crippen LogP contribution in [0.4, 0.5) is 0 Å². The zero-order valence-electron chi connectivity index (χ0n) is 16.8. The minimum absolute atomic E-state index is 0.137. The molecule has 28 heavy (non-hydrogen) atoms. The number of nitrogens with one attached hydrogen (secondary N) is 1. The van der Waals surface area contributed by atoms with Gasteiger partial charge in [0.1, 0.15) is 12.1 Å². The van der Waals surface area contributed by atoms with Crippen LogP contribution in [0, 0.1) is 19.8 Å². The molecule has 0 saturated heterocycles. The molecule has 1 heterocycles. The van der Waals surface area contributed by atoms with Crippen molar-refractivity contribution < 1.29 is 19.8 Å². The van der Waals surface area contributed by atoms with E-state index in [9.17, 15) is 19.8 Å². The van der Waals surface area contributed by atoms with E-state index in [1.165, 1.54) is 11.1 Å². The molecule has 0 aliphatic carbocycles. The van der Waals surface area contributed by atoms with Crippen LogP contribution in [0.3, 0.4) is 0 Å². The van der Waals surface area contributed by atoms with E-state index in [-0.39, 0.29) is 12.3 Å². The monoisotopic (exact) mass is 387 g/mol. The van der Waals surface area contributed by atoms with Crippen LogP contribution < -0.4 is 5.32 Å². The lowest BCUT2D eigenvalue weighted by molar-refractivity contribution is -0.142. The zero-order valence-corrected chi connectivity index (χ0v) is 16.8. The van der Waals surface area contributed by atoms with E-state index in [1.807, 2.05) is 24.5 Å². The lowest BCUT2D eigenvalue weighted by Crippen LogP contribution is -2.49. The molecule has 0 amide bonds. The molecule has 2 rings (SSSR count). The molecule has 2 atom stereocenters. The van der Waals surface area contributed by atoms with Crippen molar-refractivity contribution in [2.24, 2.45) is 5.92 Å². The molecule has 0 saturated carbocycles. The van der Waals surface area contributed by atoms with E-state index in [2.05, 4.69) is 36.3 Å². The number of hydrogen-bond acceptors (Lipinski definition) is 4. The highest BCUT2D eigenvalue weighted by Gasteiger charge is 2.27. The number of benzene rings is 1. The van der Waals surface area contributed by atoms with Crippen LogP contribution in [-0.4, -0.2) is 43.8 Å². The largest absolute Gasteiger partial charge is 0.480 e. The molecule has 0 aliphatic rings. The molecule has 0 fully saturated rings. The van der Waals surface area contributed by atoms with Gasteiger partial charge in [0, 0.05) is 24.9 Å². The van der Waals surface area contributed by atoms with Crippen LogP contribution in [0.25, 0.3) is 0 Å². The summed E-state index contributed by atoms with van der Waals surface area (Å²) in [7, 11) is 0. The number of aromatic nitrogens is 2. The Morgan fingerprint density at radius 2 is 1.79 bits per heavy atom. The molecule has 0 aliphatic heterocycles. The smallest absolute Gasteiger partial charge is 0.321 e.